The van der Waals surface area contributed by atoms with E-state index in [0.717, 1.165) is 24.1 Å². The summed E-state index contributed by atoms with van der Waals surface area (Å²) in [5, 5.41) is 10.5. The number of aliphatic hydroxyl groups is 1. The summed E-state index contributed by atoms with van der Waals surface area (Å²) in [5.41, 5.74) is 2.05. The van der Waals surface area contributed by atoms with Gasteiger partial charge in [0.2, 0.25) is 0 Å². The van der Waals surface area contributed by atoms with Crippen molar-refractivity contribution in [2.75, 3.05) is 32.1 Å². The van der Waals surface area contributed by atoms with Gasteiger partial charge in [0.25, 0.3) is 5.91 Å². The SMILES string of the molecule is CC(C)C(=O)C1=C(O)C(=O)N(CC2CCCO2)C1c1ccc(N(C)C)cc1. The fourth-order valence-corrected chi connectivity index (χ4v) is 3.71. The summed E-state index contributed by atoms with van der Waals surface area (Å²) >= 11 is 0. The molecule has 1 N–H and O–H groups in total. The molecule has 27 heavy (non-hydrogen) atoms. The van der Waals surface area contributed by atoms with Crippen molar-refractivity contribution >= 4 is 17.4 Å². The topological polar surface area (TPSA) is 70.1 Å². The Morgan fingerprint density at radius 2 is 1.96 bits per heavy atom. The molecule has 1 fully saturated rings. The van der Waals surface area contributed by atoms with E-state index in [4.69, 9.17) is 4.74 Å². The van der Waals surface area contributed by atoms with Crippen molar-refractivity contribution in [1.82, 2.24) is 4.90 Å². The predicted octanol–water partition coefficient (Wildman–Crippen LogP) is 2.85. The van der Waals surface area contributed by atoms with E-state index in [9.17, 15) is 14.7 Å². The molecule has 3 rings (SSSR count). The molecule has 1 amide bonds. The van der Waals surface area contributed by atoms with Crippen LogP contribution in [0.1, 0.15) is 38.3 Å². The second-order valence-electron chi connectivity index (χ2n) is 7.76. The highest BCUT2D eigenvalue weighted by Gasteiger charge is 2.44. The summed E-state index contributed by atoms with van der Waals surface area (Å²) in [7, 11) is 3.91. The number of Topliss-reactive ketones (excluding diaryl/α,β-unsaturated/α-hetero) is 1. The zero-order valence-corrected chi connectivity index (χ0v) is 16.4. The lowest BCUT2D eigenvalue weighted by atomic mass is 9.91. The van der Waals surface area contributed by atoms with Gasteiger partial charge < -0.3 is 19.6 Å². The van der Waals surface area contributed by atoms with E-state index in [2.05, 4.69) is 0 Å². The van der Waals surface area contributed by atoms with Crippen LogP contribution in [0.15, 0.2) is 35.6 Å². The third-order valence-corrected chi connectivity index (χ3v) is 5.24. The fraction of sp³-hybridized carbons (Fsp3) is 0.524. The number of carbonyl (C=O) groups is 2. The molecule has 6 nitrogen and oxygen atoms in total. The number of hydrogen-bond donors (Lipinski definition) is 1. The first kappa shape index (κ1) is 19.4. The summed E-state index contributed by atoms with van der Waals surface area (Å²) in [5.74, 6) is -1.41. The summed E-state index contributed by atoms with van der Waals surface area (Å²) < 4.78 is 5.69. The van der Waals surface area contributed by atoms with Gasteiger partial charge in [-0.1, -0.05) is 26.0 Å². The number of ether oxygens (including phenoxy) is 1. The van der Waals surface area contributed by atoms with E-state index in [-0.39, 0.29) is 23.4 Å². The number of ketones is 1. The summed E-state index contributed by atoms with van der Waals surface area (Å²) in [4.78, 5) is 29.2. The molecule has 0 radical (unpaired) electrons. The van der Waals surface area contributed by atoms with Crippen LogP contribution in [0, 0.1) is 5.92 Å². The molecule has 2 aliphatic rings. The molecule has 0 spiro atoms. The lowest BCUT2D eigenvalue weighted by Gasteiger charge is -2.29. The quantitative estimate of drug-likeness (QED) is 0.831. The van der Waals surface area contributed by atoms with Crippen molar-refractivity contribution in [3.05, 3.63) is 41.2 Å². The molecule has 1 aromatic carbocycles. The van der Waals surface area contributed by atoms with Crippen LogP contribution in [0.2, 0.25) is 0 Å². The minimum atomic E-state index is -0.576. The molecule has 2 atom stereocenters. The van der Waals surface area contributed by atoms with Crippen molar-refractivity contribution in [1.29, 1.82) is 0 Å². The average Bonchev–Trinajstić information content (AvgIpc) is 3.23. The standard InChI is InChI=1S/C21H28N2O4/c1-13(2)19(24)17-18(14-7-9-15(10-8-14)22(3)4)23(21(26)20(17)25)12-16-6-5-11-27-16/h7-10,13,16,18,25H,5-6,11-12H2,1-4H3. The zero-order valence-electron chi connectivity index (χ0n) is 16.4. The van der Waals surface area contributed by atoms with Gasteiger partial charge >= 0.3 is 0 Å². The lowest BCUT2D eigenvalue weighted by Crippen LogP contribution is -2.37. The third-order valence-electron chi connectivity index (χ3n) is 5.24. The van der Waals surface area contributed by atoms with Gasteiger partial charge in [0.15, 0.2) is 11.5 Å². The van der Waals surface area contributed by atoms with E-state index < -0.39 is 17.7 Å². The van der Waals surface area contributed by atoms with Gasteiger partial charge in [0.05, 0.1) is 17.7 Å². The van der Waals surface area contributed by atoms with Gasteiger partial charge in [-0.2, -0.15) is 0 Å². The molecular weight excluding hydrogens is 344 g/mol. The van der Waals surface area contributed by atoms with Crippen LogP contribution in [0.5, 0.6) is 0 Å². The number of anilines is 1. The Kier molecular flexibility index (Phi) is 5.56. The van der Waals surface area contributed by atoms with E-state index in [1.807, 2.05) is 43.3 Å². The second kappa shape index (κ2) is 7.72. The lowest BCUT2D eigenvalue weighted by molar-refractivity contribution is -0.131. The van der Waals surface area contributed by atoms with Crippen molar-refractivity contribution in [3.8, 4) is 0 Å². The van der Waals surface area contributed by atoms with Crippen LogP contribution in [-0.4, -0.2) is 55.0 Å². The molecule has 0 aromatic heterocycles. The first-order valence-corrected chi connectivity index (χ1v) is 9.48. The number of aliphatic hydroxyl groups excluding tert-OH is 1. The number of benzene rings is 1. The highest BCUT2D eigenvalue weighted by Crippen LogP contribution is 2.40. The molecule has 0 saturated carbocycles. The molecular formula is C21H28N2O4. The maximum atomic E-state index is 12.8. The maximum absolute atomic E-state index is 12.8. The van der Waals surface area contributed by atoms with Gasteiger partial charge in [-0.25, -0.2) is 0 Å². The van der Waals surface area contributed by atoms with Crippen LogP contribution in [0.4, 0.5) is 5.69 Å². The Hall–Kier alpha value is -2.34. The monoisotopic (exact) mass is 372 g/mol. The van der Waals surface area contributed by atoms with E-state index in [0.29, 0.717) is 13.2 Å². The van der Waals surface area contributed by atoms with Gasteiger partial charge in [-0.15, -0.1) is 0 Å². The van der Waals surface area contributed by atoms with E-state index >= 15 is 0 Å². The summed E-state index contributed by atoms with van der Waals surface area (Å²) in [6.07, 6.45) is 1.79. The molecule has 146 valence electrons. The Morgan fingerprint density at radius 1 is 1.30 bits per heavy atom. The Labute approximate surface area is 160 Å². The van der Waals surface area contributed by atoms with Crippen molar-refractivity contribution in [2.24, 2.45) is 5.92 Å². The maximum Gasteiger partial charge on any atom is 0.290 e. The van der Waals surface area contributed by atoms with Crippen LogP contribution >= 0.6 is 0 Å². The number of nitrogens with zero attached hydrogens (tertiary/aromatic N) is 2. The Bertz CT molecular complexity index is 746. The van der Waals surface area contributed by atoms with Crippen molar-refractivity contribution in [3.63, 3.8) is 0 Å². The molecule has 2 heterocycles. The van der Waals surface area contributed by atoms with E-state index in [1.54, 1.807) is 18.7 Å². The van der Waals surface area contributed by atoms with Crippen LogP contribution in [0.3, 0.4) is 0 Å². The first-order valence-electron chi connectivity index (χ1n) is 9.48. The van der Waals surface area contributed by atoms with E-state index in [1.165, 1.54) is 0 Å². The first-order chi connectivity index (χ1) is 12.8. The number of hydrogen-bond acceptors (Lipinski definition) is 5. The minimum absolute atomic E-state index is 0.0567. The molecule has 1 aromatic rings. The van der Waals surface area contributed by atoms with Gasteiger partial charge in [0, 0.05) is 38.9 Å². The average molecular weight is 372 g/mol. The van der Waals surface area contributed by atoms with Crippen molar-refractivity contribution in [2.45, 2.75) is 38.8 Å². The van der Waals surface area contributed by atoms with Gasteiger partial charge in [-0.05, 0) is 30.5 Å². The molecule has 0 aliphatic carbocycles. The molecule has 0 bridgehead atoms. The number of rotatable bonds is 6. The molecule has 2 unspecified atom stereocenters. The van der Waals surface area contributed by atoms with Gasteiger partial charge in [0.1, 0.15) is 0 Å². The van der Waals surface area contributed by atoms with Crippen LogP contribution < -0.4 is 4.90 Å². The highest BCUT2D eigenvalue weighted by molar-refractivity contribution is 6.09. The number of amides is 1. The third kappa shape index (κ3) is 3.72. The van der Waals surface area contributed by atoms with Crippen molar-refractivity contribution < 1.29 is 19.4 Å². The fourth-order valence-electron chi connectivity index (χ4n) is 3.71. The second-order valence-corrected chi connectivity index (χ2v) is 7.76. The molecule has 2 aliphatic heterocycles. The minimum Gasteiger partial charge on any atom is -0.503 e. The Morgan fingerprint density at radius 3 is 2.48 bits per heavy atom. The molecule has 1 saturated heterocycles. The number of carbonyl (C=O) groups excluding carboxylic acids is 2. The summed E-state index contributed by atoms with van der Waals surface area (Å²) in [6, 6.07) is 7.17. The largest absolute Gasteiger partial charge is 0.503 e. The smallest absolute Gasteiger partial charge is 0.290 e. The predicted molar refractivity (Wildman–Crippen MR) is 104 cm³/mol. The summed E-state index contributed by atoms with van der Waals surface area (Å²) in [6.45, 7) is 4.62. The Balaban J connectivity index is 2.00. The van der Waals surface area contributed by atoms with Gasteiger partial charge in [-0.3, -0.25) is 9.59 Å². The molecule has 6 heteroatoms. The highest BCUT2D eigenvalue weighted by atomic mass is 16.5. The van der Waals surface area contributed by atoms with Crippen LogP contribution in [0.25, 0.3) is 0 Å². The van der Waals surface area contributed by atoms with Crippen LogP contribution in [-0.2, 0) is 14.3 Å². The zero-order chi connectivity index (χ0) is 19.7. The normalized spacial score (nSPS) is 22.9.